The van der Waals surface area contributed by atoms with Crippen LogP contribution in [0.15, 0.2) is 36.8 Å². The zero-order valence-corrected chi connectivity index (χ0v) is 14.2. The van der Waals surface area contributed by atoms with Gasteiger partial charge in [-0.25, -0.2) is 9.97 Å². The second kappa shape index (κ2) is 7.95. The molecule has 1 fully saturated rings. The Morgan fingerprint density at radius 3 is 3.04 bits per heavy atom. The van der Waals surface area contributed by atoms with Crippen LogP contribution in [0.25, 0.3) is 0 Å². The van der Waals surface area contributed by atoms with E-state index in [2.05, 4.69) is 31.7 Å². The van der Waals surface area contributed by atoms with Gasteiger partial charge in [0, 0.05) is 57.1 Å². The molecule has 2 aromatic heterocycles. The van der Waals surface area contributed by atoms with Crippen LogP contribution in [0, 0.1) is 0 Å². The number of hydrogen-bond donors (Lipinski definition) is 1. The fourth-order valence-corrected chi connectivity index (χ4v) is 3.22. The van der Waals surface area contributed by atoms with E-state index in [4.69, 9.17) is 0 Å². The van der Waals surface area contributed by atoms with Crippen molar-refractivity contribution in [2.45, 2.75) is 45.2 Å². The summed E-state index contributed by atoms with van der Waals surface area (Å²) < 4.78 is 2.06. The first-order valence-corrected chi connectivity index (χ1v) is 8.71. The van der Waals surface area contributed by atoms with Crippen LogP contribution in [0.3, 0.4) is 0 Å². The van der Waals surface area contributed by atoms with Gasteiger partial charge in [-0.3, -0.25) is 4.79 Å². The van der Waals surface area contributed by atoms with Gasteiger partial charge >= 0.3 is 0 Å². The Morgan fingerprint density at radius 1 is 1.33 bits per heavy atom. The van der Waals surface area contributed by atoms with E-state index in [0.717, 1.165) is 44.0 Å². The third-order valence-electron chi connectivity index (χ3n) is 4.46. The number of pyridine rings is 1. The Kier molecular flexibility index (Phi) is 5.46. The highest BCUT2D eigenvalue weighted by Gasteiger charge is 2.22. The molecular formula is C18H25N5O. The Labute approximate surface area is 142 Å². The first-order valence-electron chi connectivity index (χ1n) is 8.71. The van der Waals surface area contributed by atoms with Crippen LogP contribution in [0.5, 0.6) is 0 Å². The lowest BCUT2D eigenvalue weighted by atomic mass is 10.1. The van der Waals surface area contributed by atoms with Crippen molar-refractivity contribution in [2.24, 2.45) is 0 Å². The zero-order valence-electron chi connectivity index (χ0n) is 14.2. The van der Waals surface area contributed by atoms with Crippen molar-refractivity contribution >= 4 is 11.7 Å². The number of aromatic nitrogens is 3. The molecule has 24 heavy (non-hydrogen) atoms. The van der Waals surface area contributed by atoms with E-state index in [0.29, 0.717) is 13.0 Å². The molecule has 1 atom stereocenters. The fraction of sp³-hybridized carbons (Fsp3) is 0.500. The Hall–Kier alpha value is -2.37. The van der Waals surface area contributed by atoms with Gasteiger partial charge in [-0.2, -0.15) is 0 Å². The minimum atomic E-state index is 0.110. The van der Waals surface area contributed by atoms with Crippen molar-refractivity contribution in [3.05, 3.63) is 42.6 Å². The fourth-order valence-electron chi connectivity index (χ4n) is 3.22. The molecular weight excluding hydrogens is 302 g/mol. The number of imidazole rings is 1. The Bertz CT molecular complexity index is 654. The summed E-state index contributed by atoms with van der Waals surface area (Å²) in [4.78, 5) is 23.2. The summed E-state index contributed by atoms with van der Waals surface area (Å²) in [5.41, 5.74) is 0. The van der Waals surface area contributed by atoms with Gasteiger partial charge < -0.3 is 14.8 Å². The van der Waals surface area contributed by atoms with Gasteiger partial charge in [0.05, 0.1) is 0 Å². The predicted molar refractivity (Wildman–Crippen MR) is 93.8 cm³/mol. The molecule has 128 valence electrons. The van der Waals surface area contributed by atoms with Crippen LogP contribution in [-0.2, 0) is 17.8 Å². The molecule has 0 spiro atoms. The quantitative estimate of drug-likeness (QED) is 0.882. The molecule has 3 heterocycles. The number of aryl methyl sites for hydroxylation is 2. The zero-order chi connectivity index (χ0) is 16.8. The van der Waals surface area contributed by atoms with Gasteiger partial charge in [0.2, 0.25) is 5.91 Å². The van der Waals surface area contributed by atoms with Crippen molar-refractivity contribution in [1.82, 2.24) is 19.9 Å². The number of rotatable bonds is 6. The number of carbonyl (C=O) groups excluding carboxylic acids is 1. The second-order valence-electron chi connectivity index (χ2n) is 6.18. The van der Waals surface area contributed by atoms with Crippen molar-refractivity contribution in [2.75, 3.05) is 18.0 Å². The molecule has 0 radical (unpaired) electrons. The smallest absolute Gasteiger partial charge is 0.222 e. The lowest BCUT2D eigenvalue weighted by Crippen LogP contribution is -2.48. The third kappa shape index (κ3) is 4.13. The number of hydrogen-bond acceptors (Lipinski definition) is 4. The minimum absolute atomic E-state index is 0.110. The highest BCUT2D eigenvalue weighted by molar-refractivity contribution is 5.76. The molecule has 0 aliphatic carbocycles. The maximum absolute atomic E-state index is 12.3. The van der Waals surface area contributed by atoms with E-state index in [-0.39, 0.29) is 11.9 Å². The molecule has 1 saturated heterocycles. The van der Waals surface area contributed by atoms with E-state index in [1.165, 1.54) is 0 Å². The molecule has 1 aliphatic heterocycles. The maximum atomic E-state index is 12.3. The van der Waals surface area contributed by atoms with Crippen LogP contribution in [-0.4, -0.2) is 39.6 Å². The van der Waals surface area contributed by atoms with Crippen molar-refractivity contribution in [3.63, 3.8) is 0 Å². The molecule has 0 bridgehead atoms. The van der Waals surface area contributed by atoms with Gasteiger partial charge in [-0.05, 0) is 25.0 Å². The van der Waals surface area contributed by atoms with E-state index in [1.54, 1.807) is 6.20 Å². The van der Waals surface area contributed by atoms with Crippen molar-refractivity contribution < 1.29 is 4.79 Å². The van der Waals surface area contributed by atoms with Crippen molar-refractivity contribution in [1.29, 1.82) is 0 Å². The maximum Gasteiger partial charge on any atom is 0.222 e. The van der Waals surface area contributed by atoms with Crippen LogP contribution in [0.4, 0.5) is 5.82 Å². The predicted octanol–water partition coefficient (Wildman–Crippen LogP) is 2.02. The Morgan fingerprint density at radius 2 is 2.25 bits per heavy atom. The van der Waals surface area contributed by atoms with Gasteiger partial charge in [0.15, 0.2) is 0 Å². The van der Waals surface area contributed by atoms with E-state index >= 15 is 0 Å². The van der Waals surface area contributed by atoms with E-state index in [1.807, 2.05) is 30.6 Å². The number of nitrogens with one attached hydrogen (secondary N) is 1. The third-order valence-corrected chi connectivity index (χ3v) is 4.46. The molecule has 3 rings (SSSR count). The second-order valence-corrected chi connectivity index (χ2v) is 6.18. The molecule has 1 amide bonds. The summed E-state index contributed by atoms with van der Waals surface area (Å²) in [6.07, 6.45) is 9.02. The summed E-state index contributed by atoms with van der Waals surface area (Å²) in [5.74, 6) is 2.13. The number of anilines is 1. The highest BCUT2D eigenvalue weighted by atomic mass is 16.1. The summed E-state index contributed by atoms with van der Waals surface area (Å²) in [7, 11) is 0. The van der Waals surface area contributed by atoms with Crippen LogP contribution in [0.2, 0.25) is 0 Å². The molecule has 6 heteroatoms. The summed E-state index contributed by atoms with van der Waals surface area (Å²) >= 11 is 0. The molecule has 0 saturated carbocycles. The average Bonchev–Trinajstić information content (AvgIpc) is 3.08. The number of nitrogens with zero attached hydrogens (tertiary/aromatic N) is 4. The largest absolute Gasteiger partial charge is 0.355 e. The highest BCUT2D eigenvalue weighted by Crippen LogP contribution is 2.17. The molecule has 6 nitrogen and oxygen atoms in total. The van der Waals surface area contributed by atoms with E-state index in [9.17, 15) is 4.79 Å². The molecule has 1 aliphatic rings. The summed E-state index contributed by atoms with van der Waals surface area (Å²) in [6.45, 7) is 4.59. The van der Waals surface area contributed by atoms with Gasteiger partial charge in [-0.1, -0.05) is 13.0 Å². The lowest BCUT2D eigenvalue weighted by molar-refractivity contribution is -0.122. The van der Waals surface area contributed by atoms with Gasteiger partial charge in [0.25, 0.3) is 0 Å². The minimum Gasteiger partial charge on any atom is -0.355 e. The van der Waals surface area contributed by atoms with Crippen molar-refractivity contribution in [3.8, 4) is 0 Å². The van der Waals surface area contributed by atoms with Crippen LogP contribution >= 0.6 is 0 Å². The topological polar surface area (TPSA) is 63.1 Å². The molecule has 0 unspecified atom stereocenters. The standard InChI is InChI=1S/C18H25N5O/c1-2-16-20-10-13-22(16)12-8-18(24)21-15-6-5-11-23(14-15)17-7-3-4-9-19-17/h3-4,7,9-10,13,15H,2,5-6,8,11-12,14H2,1H3,(H,21,24)/t15-/m0/s1. The number of carbonyl (C=O) groups is 1. The first-order chi connectivity index (χ1) is 11.8. The van der Waals surface area contributed by atoms with Gasteiger partial charge in [0.1, 0.15) is 11.6 Å². The normalized spacial score (nSPS) is 17.7. The number of amides is 1. The van der Waals surface area contributed by atoms with Crippen LogP contribution in [0.1, 0.15) is 32.0 Å². The summed E-state index contributed by atoms with van der Waals surface area (Å²) in [5, 5.41) is 3.18. The molecule has 2 aromatic rings. The van der Waals surface area contributed by atoms with E-state index < -0.39 is 0 Å². The lowest BCUT2D eigenvalue weighted by Gasteiger charge is -2.34. The van der Waals surface area contributed by atoms with Gasteiger partial charge in [-0.15, -0.1) is 0 Å². The molecule has 0 aromatic carbocycles. The average molecular weight is 327 g/mol. The van der Waals surface area contributed by atoms with Crippen LogP contribution < -0.4 is 10.2 Å². The molecule has 1 N–H and O–H groups in total. The summed E-state index contributed by atoms with van der Waals surface area (Å²) in [6, 6.07) is 6.14. The number of piperidine rings is 1. The monoisotopic (exact) mass is 327 g/mol. The SMILES string of the molecule is CCc1nccn1CCC(=O)N[C@H]1CCCN(c2ccccn2)C1. The Balaban J connectivity index is 1.49. The first kappa shape index (κ1) is 16.5.